The van der Waals surface area contributed by atoms with Gasteiger partial charge in [-0.2, -0.15) is 0 Å². The van der Waals surface area contributed by atoms with Crippen LogP contribution < -0.4 is 4.74 Å². The molecule has 0 bridgehead atoms. The number of alkyl halides is 1. The predicted octanol–water partition coefficient (Wildman–Crippen LogP) is 5.06. The van der Waals surface area contributed by atoms with Gasteiger partial charge in [-0.1, -0.05) is 24.3 Å². The molecule has 2 aromatic rings. The van der Waals surface area contributed by atoms with Crippen LogP contribution in [0, 0.1) is 5.82 Å². The molecule has 0 radical (unpaired) electrons. The predicted molar refractivity (Wildman–Crippen MR) is 83.6 cm³/mol. The summed E-state index contributed by atoms with van der Waals surface area (Å²) in [6, 6.07) is 12.7. The van der Waals surface area contributed by atoms with Gasteiger partial charge in [0.2, 0.25) is 0 Å². The van der Waals surface area contributed by atoms with Gasteiger partial charge in [0.25, 0.3) is 0 Å². The standard InChI is InChI=1S/C18H18ClFO/c1-18(2)11-14-10-13(6-7-17(14)21-18)16(19)9-12-4-3-5-15(20)8-12/h3-8,10,16H,9,11H2,1-2H3. The highest BCUT2D eigenvalue weighted by molar-refractivity contribution is 6.20. The summed E-state index contributed by atoms with van der Waals surface area (Å²) < 4.78 is 19.1. The van der Waals surface area contributed by atoms with Crippen LogP contribution in [0.15, 0.2) is 42.5 Å². The maximum atomic E-state index is 13.2. The molecule has 1 unspecified atom stereocenters. The van der Waals surface area contributed by atoms with Crippen LogP contribution in [-0.4, -0.2) is 5.60 Å². The largest absolute Gasteiger partial charge is 0.487 e. The van der Waals surface area contributed by atoms with Gasteiger partial charge in [-0.05, 0) is 55.2 Å². The van der Waals surface area contributed by atoms with Gasteiger partial charge in [0.15, 0.2) is 0 Å². The number of hydrogen-bond acceptors (Lipinski definition) is 1. The Morgan fingerprint density at radius 1 is 1.24 bits per heavy atom. The minimum absolute atomic E-state index is 0.147. The first-order valence-corrected chi connectivity index (χ1v) is 7.57. The van der Waals surface area contributed by atoms with E-state index >= 15 is 0 Å². The fourth-order valence-electron chi connectivity index (χ4n) is 2.81. The Morgan fingerprint density at radius 3 is 2.81 bits per heavy atom. The fraction of sp³-hybridized carbons (Fsp3) is 0.333. The molecule has 0 saturated carbocycles. The summed E-state index contributed by atoms with van der Waals surface area (Å²) >= 11 is 6.50. The van der Waals surface area contributed by atoms with Crippen molar-refractivity contribution in [1.82, 2.24) is 0 Å². The Hall–Kier alpha value is -1.54. The number of hydrogen-bond donors (Lipinski definition) is 0. The minimum atomic E-state index is -0.222. The van der Waals surface area contributed by atoms with Crippen molar-refractivity contribution in [2.45, 2.75) is 37.7 Å². The molecule has 0 N–H and O–H groups in total. The average Bonchev–Trinajstić information content (AvgIpc) is 2.71. The van der Waals surface area contributed by atoms with E-state index in [2.05, 4.69) is 19.9 Å². The van der Waals surface area contributed by atoms with Crippen molar-refractivity contribution in [3.63, 3.8) is 0 Å². The number of halogens is 2. The molecule has 0 aromatic heterocycles. The molecule has 3 rings (SSSR count). The van der Waals surface area contributed by atoms with Crippen LogP contribution >= 0.6 is 11.6 Å². The van der Waals surface area contributed by atoms with Crippen molar-refractivity contribution in [2.75, 3.05) is 0 Å². The van der Waals surface area contributed by atoms with Gasteiger partial charge in [0, 0.05) is 6.42 Å². The smallest absolute Gasteiger partial charge is 0.123 e. The van der Waals surface area contributed by atoms with Gasteiger partial charge >= 0.3 is 0 Å². The molecule has 2 aromatic carbocycles. The summed E-state index contributed by atoms with van der Waals surface area (Å²) in [4.78, 5) is 0. The molecule has 110 valence electrons. The van der Waals surface area contributed by atoms with Crippen LogP contribution in [0.3, 0.4) is 0 Å². The van der Waals surface area contributed by atoms with Gasteiger partial charge in [-0.25, -0.2) is 4.39 Å². The molecule has 0 amide bonds. The van der Waals surface area contributed by atoms with Gasteiger partial charge in [0.1, 0.15) is 17.2 Å². The number of rotatable bonds is 3. The molecule has 0 spiro atoms. The van der Waals surface area contributed by atoms with Gasteiger partial charge in [-0.3, -0.25) is 0 Å². The molecular weight excluding hydrogens is 287 g/mol. The molecule has 1 aliphatic heterocycles. The third kappa shape index (κ3) is 3.21. The second kappa shape index (κ2) is 5.34. The Balaban J connectivity index is 1.79. The molecule has 1 nitrogen and oxygen atoms in total. The molecule has 1 aliphatic rings. The van der Waals surface area contributed by atoms with E-state index in [1.54, 1.807) is 6.07 Å². The Bertz CT molecular complexity index is 666. The Kier molecular flexibility index (Phi) is 3.66. The molecule has 21 heavy (non-hydrogen) atoms. The van der Waals surface area contributed by atoms with E-state index in [4.69, 9.17) is 16.3 Å². The van der Waals surface area contributed by atoms with Crippen molar-refractivity contribution in [2.24, 2.45) is 0 Å². The van der Waals surface area contributed by atoms with Crippen LogP contribution in [0.4, 0.5) is 4.39 Å². The number of benzene rings is 2. The molecule has 0 fully saturated rings. The Morgan fingerprint density at radius 2 is 2.05 bits per heavy atom. The first-order valence-electron chi connectivity index (χ1n) is 7.13. The number of fused-ring (bicyclic) bond motifs is 1. The lowest BCUT2D eigenvalue weighted by molar-refractivity contribution is 0.138. The van der Waals surface area contributed by atoms with Crippen molar-refractivity contribution in [3.8, 4) is 5.75 Å². The normalized spacial score (nSPS) is 17.1. The fourth-order valence-corrected chi connectivity index (χ4v) is 3.13. The molecule has 0 aliphatic carbocycles. The van der Waals surface area contributed by atoms with E-state index in [0.29, 0.717) is 6.42 Å². The van der Waals surface area contributed by atoms with Crippen LogP contribution in [0.25, 0.3) is 0 Å². The lowest BCUT2D eigenvalue weighted by atomic mass is 9.97. The molecule has 3 heteroatoms. The summed E-state index contributed by atoms with van der Waals surface area (Å²) in [5.74, 6) is 0.721. The highest BCUT2D eigenvalue weighted by Crippen LogP contribution is 2.37. The monoisotopic (exact) mass is 304 g/mol. The summed E-state index contributed by atoms with van der Waals surface area (Å²) in [5, 5.41) is -0.166. The summed E-state index contributed by atoms with van der Waals surface area (Å²) in [7, 11) is 0. The van der Waals surface area contributed by atoms with Crippen molar-refractivity contribution >= 4 is 11.6 Å². The maximum absolute atomic E-state index is 13.2. The summed E-state index contributed by atoms with van der Waals surface area (Å²) in [6.07, 6.45) is 1.50. The van der Waals surface area contributed by atoms with E-state index in [0.717, 1.165) is 23.3 Å². The number of ether oxygens (including phenoxy) is 1. The van der Waals surface area contributed by atoms with Crippen molar-refractivity contribution < 1.29 is 9.13 Å². The first kappa shape index (κ1) is 14.4. The van der Waals surface area contributed by atoms with Gasteiger partial charge < -0.3 is 4.74 Å². The third-order valence-electron chi connectivity index (χ3n) is 3.75. The van der Waals surface area contributed by atoms with E-state index in [1.807, 2.05) is 18.2 Å². The minimum Gasteiger partial charge on any atom is -0.487 e. The van der Waals surface area contributed by atoms with Crippen LogP contribution in [0.1, 0.15) is 35.9 Å². The second-order valence-electron chi connectivity index (χ2n) is 6.21. The van der Waals surface area contributed by atoms with Crippen LogP contribution in [0.2, 0.25) is 0 Å². The highest BCUT2D eigenvalue weighted by Gasteiger charge is 2.30. The topological polar surface area (TPSA) is 9.23 Å². The lowest BCUT2D eigenvalue weighted by Gasteiger charge is -2.16. The second-order valence-corrected chi connectivity index (χ2v) is 6.73. The van der Waals surface area contributed by atoms with E-state index in [9.17, 15) is 4.39 Å². The van der Waals surface area contributed by atoms with Gasteiger partial charge in [-0.15, -0.1) is 11.6 Å². The molecular formula is C18H18ClFO. The Labute approximate surface area is 129 Å². The quantitative estimate of drug-likeness (QED) is 0.720. The summed E-state index contributed by atoms with van der Waals surface area (Å²) in [6.45, 7) is 4.16. The van der Waals surface area contributed by atoms with Crippen LogP contribution in [-0.2, 0) is 12.8 Å². The zero-order valence-corrected chi connectivity index (χ0v) is 13.0. The lowest BCUT2D eigenvalue weighted by Crippen LogP contribution is -2.24. The average molecular weight is 305 g/mol. The molecule has 1 atom stereocenters. The molecule has 0 saturated heterocycles. The zero-order chi connectivity index (χ0) is 15.0. The van der Waals surface area contributed by atoms with Gasteiger partial charge in [0.05, 0.1) is 5.38 Å². The van der Waals surface area contributed by atoms with Crippen molar-refractivity contribution in [1.29, 1.82) is 0 Å². The van der Waals surface area contributed by atoms with E-state index in [1.165, 1.54) is 17.7 Å². The molecule has 1 heterocycles. The first-order chi connectivity index (χ1) is 9.93. The zero-order valence-electron chi connectivity index (χ0n) is 12.2. The van der Waals surface area contributed by atoms with Crippen molar-refractivity contribution in [3.05, 3.63) is 65.0 Å². The maximum Gasteiger partial charge on any atom is 0.123 e. The van der Waals surface area contributed by atoms with E-state index < -0.39 is 0 Å². The highest BCUT2D eigenvalue weighted by atomic mass is 35.5. The summed E-state index contributed by atoms with van der Waals surface area (Å²) in [5.41, 5.74) is 3.01. The third-order valence-corrected chi connectivity index (χ3v) is 4.16. The van der Waals surface area contributed by atoms with E-state index in [-0.39, 0.29) is 16.8 Å². The van der Waals surface area contributed by atoms with Crippen LogP contribution in [0.5, 0.6) is 5.75 Å². The SMILES string of the molecule is CC1(C)Cc2cc(C(Cl)Cc3cccc(F)c3)ccc2O1.